The van der Waals surface area contributed by atoms with Crippen molar-refractivity contribution in [3.8, 4) is 17.6 Å². The first-order valence-corrected chi connectivity index (χ1v) is 14.7. The molecule has 3 aromatic rings. The summed E-state index contributed by atoms with van der Waals surface area (Å²) in [6.45, 7) is 4.08. The van der Waals surface area contributed by atoms with Crippen molar-refractivity contribution in [1.82, 2.24) is 14.8 Å². The first-order chi connectivity index (χ1) is 21.2. The summed E-state index contributed by atoms with van der Waals surface area (Å²) < 4.78 is 68.2. The van der Waals surface area contributed by atoms with Crippen molar-refractivity contribution in [3.63, 3.8) is 0 Å². The van der Waals surface area contributed by atoms with Crippen LogP contribution in [0.4, 0.5) is 17.6 Å². The average molecular weight is 614 g/mol. The Labute approximate surface area is 253 Å². The van der Waals surface area contributed by atoms with Gasteiger partial charge in [0.1, 0.15) is 29.4 Å². The molecule has 2 aliphatic heterocycles. The number of carboxylic acids is 1. The van der Waals surface area contributed by atoms with Gasteiger partial charge in [-0.3, -0.25) is 19.6 Å². The Balaban J connectivity index is 1.29. The fourth-order valence-electron chi connectivity index (χ4n) is 6.02. The normalized spacial score (nSPS) is 18.0. The first kappa shape index (κ1) is 31.7. The highest BCUT2D eigenvalue weighted by molar-refractivity contribution is 5.85. The quantitative estimate of drug-likeness (QED) is 0.252. The molecule has 0 amide bonds. The van der Waals surface area contributed by atoms with Gasteiger partial charge >= 0.3 is 5.97 Å². The second-order valence-electron chi connectivity index (χ2n) is 11.4. The Morgan fingerprint density at radius 2 is 1.80 bits per heavy atom. The molecule has 3 heterocycles. The lowest BCUT2D eigenvalue weighted by Crippen LogP contribution is -2.44. The van der Waals surface area contributed by atoms with Gasteiger partial charge in [-0.1, -0.05) is 11.8 Å². The molecule has 2 aliphatic rings. The predicted octanol–water partition coefficient (Wildman–Crippen LogP) is 5.50. The van der Waals surface area contributed by atoms with Crippen LogP contribution in [0.2, 0.25) is 0 Å². The van der Waals surface area contributed by atoms with Gasteiger partial charge in [0.05, 0.1) is 43.4 Å². The topological polar surface area (TPSA) is 75.1 Å². The van der Waals surface area contributed by atoms with Crippen molar-refractivity contribution in [2.75, 3.05) is 53.0 Å². The van der Waals surface area contributed by atoms with Crippen LogP contribution in [-0.2, 0) is 16.1 Å². The molecule has 11 heteroatoms. The average Bonchev–Trinajstić information content (AvgIpc) is 3.01. The molecule has 2 saturated heterocycles. The molecule has 5 rings (SSSR count). The maximum Gasteiger partial charge on any atom is 0.309 e. The van der Waals surface area contributed by atoms with Crippen LogP contribution in [0.1, 0.15) is 48.5 Å². The van der Waals surface area contributed by atoms with E-state index in [9.17, 15) is 23.1 Å². The minimum Gasteiger partial charge on any atom is -0.497 e. The SMILES string of the molecule is COc1ccc2ncc(CN3CCOCC3)c([C@@H](F)CCC3(C(=O)O)CCN(CC#Cc4c(F)cc(F)cc4F)CC3)c2c1. The molecule has 0 unspecified atom stereocenters. The molecule has 44 heavy (non-hydrogen) atoms. The van der Waals surface area contributed by atoms with Crippen molar-refractivity contribution in [2.24, 2.45) is 5.41 Å². The Bertz CT molecular complexity index is 1540. The second kappa shape index (κ2) is 13.9. The molecule has 0 radical (unpaired) electrons. The van der Waals surface area contributed by atoms with Crippen molar-refractivity contribution >= 4 is 16.9 Å². The predicted molar refractivity (Wildman–Crippen MR) is 156 cm³/mol. The van der Waals surface area contributed by atoms with E-state index in [0.717, 1.165) is 18.7 Å². The van der Waals surface area contributed by atoms with Crippen LogP contribution < -0.4 is 4.74 Å². The van der Waals surface area contributed by atoms with Crippen LogP contribution in [0.25, 0.3) is 10.9 Å². The zero-order chi connectivity index (χ0) is 31.3. The largest absolute Gasteiger partial charge is 0.497 e. The number of carboxylic acid groups (broad SMARTS) is 1. The second-order valence-corrected chi connectivity index (χ2v) is 11.4. The highest BCUT2D eigenvalue weighted by Gasteiger charge is 2.42. The van der Waals surface area contributed by atoms with E-state index in [1.54, 1.807) is 31.5 Å². The van der Waals surface area contributed by atoms with Crippen LogP contribution in [0.3, 0.4) is 0 Å². The molecule has 2 fully saturated rings. The number of piperidine rings is 1. The molecular formula is C33H35F4N3O4. The number of fused-ring (bicyclic) bond motifs is 1. The smallest absolute Gasteiger partial charge is 0.309 e. The number of benzene rings is 2. The number of morpholine rings is 1. The maximum absolute atomic E-state index is 16.4. The first-order valence-electron chi connectivity index (χ1n) is 14.7. The molecule has 234 valence electrons. The van der Waals surface area contributed by atoms with E-state index < -0.39 is 40.6 Å². The Morgan fingerprint density at radius 3 is 2.45 bits per heavy atom. The number of halogens is 4. The van der Waals surface area contributed by atoms with Gasteiger partial charge in [-0.2, -0.15) is 0 Å². The highest BCUT2D eigenvalue weighted by atomic mass is 19.1. The molecule has 1 aromatic heterocycles. The Kier molecular flexibility index (Phi) is 10.0. The van der Waals surface area contributed by atoms with Gasteiger partial charge < -0.3 is 14.6 Å². The Morgan fingerprint density at radius 1 is 1.09 bits per heavy atom. The van der Waals surface area contributed by atoms with E-state index in [4.69, 9.17) is 9.47 Å². The summed E-state index contributed by atoms with van der Waals surface area (Å²) >= 11 is 0. The summed E-state index contributed by atoms with van der Waals surface area (Å²) in [6.07, 6.45) is 0.997. The van der Waals surface area contributed by atoms with Crippen molar-refractivity contribution in [2.45, 2.75) is 38.4 Å². The van der Waals surface area contributed by atoms with Gasteiger partial charge in [-0.15, -0.1) is 0 Å². The monoisotopic (exact) mass is 613 g/mol. The summed E-state index contributed by atoms with van der Waals surface area (Å²) in [5.74, 6) is 1.56. The third kappa shape index (κ3) is 7.15. The molecule has 0 bridgehead atoms. The lowest BCUT2D eigenvalue weighted by atomic mass is 9.74. The van der Waals surface area contributed by atoms with E-state index in [-0.39, 0.29) is 32.2 Å². The van der Waals surface area contributed by atoms with Crippen LogP contribution in [0.5, 0.6) is 5.75 Å². The summed E-state index contributed by atoms with van der Waals surface area (Å²) in [7, 11) is 1.55. The van der Waals surface area contributed by atoms with Gasteiger partial charge in [-0.25, -0.2) is 17.6 Å². The van der Waals surface area contributed by atoms with Crippen LogP contribution in [-0.4, -0.2) is 78.9 Å². The molecule has 0 spiro atoms. The zero-order valence-corrected chi connectivity index (χ0v) is 24.6. The van der Waals surface area contributed by atoms with Crippen LogP contribution >= 0.6 is 0 Å². The number of alkyl halides is 1. The van der Waals surface area contributed by atoms with Gasteiger partial charge in [-0.05, 0) is 49.4 Å². The van der Waals surface area contributed by atoms with Crippen molar-refractivity contribution in [1.29, 1.82) is 0 Å². The Hall–Kier alpha value is -3.72. The van der Waals surface area contributed by atoms with Gasteiger partial charge in [0.25, 0.3) is 0 Å². The lowest BCUT2D eigenvalue weighted by molar-refractivity contribution is -0.152. The van der Waals surface area contributed by atoms with E-state index in [1.807, 2.05) is 4.90 Å². The molecule has 0 saturated carbocycles. The highest BCUT2D eigenvalue weighted by Crippen LogP contribution is 2.41. The number of ether oxygens (including phenoxy) is 2. The number of hydrogen-bond acceptors (Lipinski definition) is 6. The molecule has 0 aliphatic carbocycles. The molecule has 2 aromatic carbocycles. The van der Waals surface area contributed by atoms with Gasteiger partial charge in [0.2, 0.25) is 0 Å². The van der Waals surface area contributed by atoms with Crippen molar-refractivity contribution < 1.29 is 36.9 Å². The lowest BCUT2D eigenvalue weighted by Gasteiger charge is -2.38. The van der Waals surface area contributed by atoms with Crippen LogP contribution in [0.15, 0.2) is 36.5 Å². The number of likely N-dealkylation sites (tertiary alicyclic amines) is 1. The van der Waals surface area contributed by atoms with E-state index in [1.165, 1.54) is 0 Å². The van der Waals surface area contributed by atoms with E-state index in [0.29, 0.717) is 67.2 Å². The van der Waals surface area contributed by atoms with Crippen LogP contribution in [0, 0.1) is 34.7 Å². The third-order valence-corrected chi connectivity index (χ3v) is 8.68. The minimum atomic E-state index is -1.43. The maximum atomic E-state index is 16.4. The summed E-state index contributed by atoms with van der Waals surface area (Å²) in [5, 5.41) is 10.9. The van der Waals surface area contributed by atoms with Gasteiger partial charge in [0, 0.05) is 62.0 Å². The molecular weight excluding hydrogens is 578 g/mol. The van der Waals surface area contributed by atoms with E-state index >= 15 is 4.39 Å². The minimum absolute atomic E-state index is 0.0155. The van der Waals surface area contributed by atoms with Gasteiger partial charge in [0.15, 0.2) is 0 Å². The number of rotatable bonds is 9. The summed E-state index contributed by atoms with van der Waals surface area (Å²) in [4.78, 5) is 21.2. The molecule has 7 nitrogen and oxygen atoms in total. The third-order valence-electron chi connectivity index (χ3n) is 8.68. The van der Waals surface area contributed by atoms with E-state index in [2.05, 4.69) is 21.7 Å². The number of methoxy groups -OCH3 is 1. The fourth-order valence-corrected chi connectivity index (χ4v) is 6.02. The fraction of sp³-hybridized carbons (Fsp3) is 0.455. The summed E-state index contributed by atoms with van der Waals surface area (Å²) in [5.41, 5.74) is 0.276. The number of nitrogens with zero attached hydrogens (tertiary/aromatic N) is 3. The zero-order valence-electron chi connectivity index (χ0n) is 24.6. The molecule has 1 atom stereocenters. The number of hydrogen-bond donors (Lipinski definition) is 1. The summed E-state index contributed by atoms with van der Waals surface area (Å²) in [6, 6.07) is 6.49. The molecule has 1 N–H and O–H groups in total. The number of aromatic nitrogens is 1. The number of carbonyl (C=O) groups is 1. The standard InChI is InChI=1S/C33H35F4N3O4/c1-43-24-4-5-30-26(19-24)31(22(20-38-30)21-40-13-15-44-16-14-40)27(35)6-7-33(32(41)42)8-11-39(12-9-33)10-2-3-25-28(36)17-23(34)18-29(25)37/h4-5,17-20,27H,6-16,21H2,1H3,(H,41,42)/t27-/m0/s1. The number of aliphatic carboxylic acids is 1. The number of pyridine rings is 1. The van der Waals surface area contributed by atoms with Crippen molar-refractivity contribution in [3.05, 3.63) is 70.7 Å².